The Balaban J connectivity index is 1.28. The van der Waals surface area contributed by atoms with Crippen LogP contribution in [0.25, 0.3) is 28.1 Å². The van der Waals surface area contributed by atoms with Crippen LogP contribution in [0.5, 0.6) is 5.88 Å². The normalized spacial score (nSPS) is 24.5. The van der Waals surface area contributed by atoms with Crippen LogP contribution in [0, 0.1) is 0 Å². The lowest BCUT2D eigenvalue weighted by molar-refractivity contribution is -0.00537. The van der Waals surface area contributed by atoms with Gasteiger partial charge >= 0.3 is 6.09 Å². The summed E-state index contributed by atoms with van der Waals surface area (Å²) in [5.41, 5.74) is 2.11. The van der Waals surface area contributed by atoms with Gasteiger partial charge in [-0.25, -0.2) is 19.3 Å². The Bertz CT molecular complexity index is 1380. The van der Waals surface area contributed by atoms with E-state index in [-0.39, 0.29) is 24.4 Å². The van der Waals surface area contributed by atoms with Crippen molar-refractivity contribution in [2.45, 2.75) is 51.0 Å². The molecule has 1 saturated heterocycles. The number of aromatic nitrogens is 4. The van der Waals surface area contributed by atoms with Crippen molar-refractivity contribution in [1.82, 2.24) is 24.9 Å². The highest BCUT2D eigenvalue weighted by atomic mass is 16.5. The number of rotatable bonds is 5. The molecule has 0 aromatic carbocycles. The van der Waals surface area contributed by atoms with Gasteiger partial charge in [0.2, 0.25) is 5.88 Å². The van der Waals surface area contributed by atoms with Gasteiger partial charge in [0.15, 0.2) is 11.4 Å². The molecule has 182 valence electrons. The van der Waals surface area contributed by atoms with Crippen LogP contribution in [0.2, 0.25) is 0 Å². The molecule has 0 bridgehead atoms. The maximum Gasteiger partial charge on any atom is 0.404 e. The number of morpholine rings is 1. The molecule has 5 heterocycles. The van der Waals surface area contributed by atoms with Crippen molar-refractivity contribution in [3.05, 3.63) is 36.7 Å². The van der Waals surface area contributed by atoms with Crippen LogP contribution in [0.15, 0.2) is 41.1 Å². The molecule has 11 nitrogen and oxygen atoms in total. The second-order valence-corrected chi connectivity index (χ2v) is 9.26. The highest BCUT2D eigenvalue weighted by Crippen LogP contribution is 2.34. The van der Waals surface area contributed by atoms with Crippen molar-refractivity contribution in [3.8, 4) is 17.3 Å². The summed E-state index contributed by atoms with van der Waals surface area (Å²) < 4.78 is 19.7. The maximum absolute atomic E-state index is 10.8. The first kappa shape index (κ1) is 21.7. The van der Waals surface area contributed by atoms with E-state index in [9.17, 15) is 4.79 Å². The number of anilines is 1. The highest BCUT2D eigenvalue weighted by Gasteiger charge is 2.32. The lowest BCUT2D eigenvalue weighted by atomic mass is 9.89. The standard InChI is InChI=1S/C24H26N6O5/c1-13-11-29(12-14(2)33-13)23-17-9-20(35-19(17)5-6-25-23)18-10-26-21-3-4-22(28-30(18)21)34-16-7-15(8-16)27-24(31)32/h3-6,9-10,13-16,27H,7-8,11-12H2,1-2H3,(H,31,32)/t13-,14+,15-,16-. The van der Waals surface area contributed by atoms with Gasteiger partial charge in [0.05, 0.1) is 23.8 Å². The van der Waals surface area contributed by atoms with Gasteiger partial charge in [0, 0.05) is 44.2 Å². The highest BCUT2D eigenvalue weighted by molar-refractivity contribution is 5.92. The number of carboxylic acid groups (broad SMARTS) is 1. The minimum Gasteiger partial charge on any atom is -0.473 e. The molecule has 1 amide bonds. The largest absolute Gasteiger partial charge is 0.473 e. The molecule has 1 saturated carbocycles. The average molecular weight is 479 g/mol. The zero-order valence-corrected chi connectivity index (χ0v) is 19.4. The quantitative estimate of drug-likeness (QED) is 0.444. The van der Waals surface area contributed by atoms with Crippen molar-refractivity contribution in [1.29, 1.82) is 0 Å². The van der Waals surface area contributed by atoms with E-state index >= 15 is 0 Å². The molecule has 4 aromatic heterocycles. The number of carbonyl (C=O) groups is 1. The summed E-state index contributed by atoms with van der Waals surface area (Å²) in [6.45, 7) is 5.66. The number of furan rings is 1. The van der Waals surface area contributed by atoms with Crippen molar-refractivity contribution in [2.24, 2.45) is 0 Å². The van der Waals surface area contributed by atoms with E-state index < -0.39 is 6.09 Å². The summed E-state index contributed by atoms with van der Waals surface area (Å²) in [5, 5.41) is 16.8. The third-order valence-electron chi connectivity index (χ3n) is 6.44. The number of hydrogen-bond acceptors (Lipinski definition) is 8. The van der Waals surface area contributed by atoms with Crippen LogP contribution in [0.3, 0.4) is 0 Å². The summed E-state index contributed by atoms with van der Waals surface area (Å²) >= 11 is 0. The fourth-order valence-corrected chi connectivity index (χ4v) is 4.89. The predicted molar refractivity (Wildman–Crippen MR) is 127 cm³/mol. The predicted octanol–water partition coefficient (Wildman–Crippen LogP) is 3.33. The van der Waals surface area contributed by atoms with Gasteiger partial charge < -0.3 is 29.2 Å². The number of ether oxygens (including phenoxy) is 2. The van der Waals surface area contributed by atoms with E-state index in [2.05, 4.69) is 39.1 Å². The summed E-state index contributed by atoms with van der Waals surface area (Å²) in [4.78, 5) is 22.1. The number of hydrogen-bond donors (Lipinski definition) is 2. The fourth-order valence-electron chi connectivity index (χ4n) is 4.89. The number of nitrogens with zero attached hydrogens (tertiary/aromatic N) is 5. The Morgan fingerprint density at radius 1 is 1.17 bits per heavy atom. The van der Waals surface area contributed by atoms with Crippen molar-refractivity contribution in [2.75, 3.05) is 18.0 Å². The van der Waals surface area contributed by atoms with Crippen LogP contribution in [0.4, 0.5) is 10.6 Å². The molecule has 2 N–H and O–H groups in total. The molecule has 2 fully saturated rings. The number of nitrogens with one attached hydrogen (secondary N) is 1. The van der Waals surface area contributed by atoms with E-state index in [4.69, 9.17) is 19.0 Å². The van der Waals surface area contributed by atoms with Gasteiger partial charge in [-0.05, 0) is 32.0 Å². The van der Waals surface area contributed by atoms with Gasteiger partial charge in [-0.2, -0.15) is 0 Å². The molecule has 0 spiro atoms. The van der Waals surface area contributed by atoms with E-state index in [1.54, 1.807) is 23.0 Å². The Labute approximate surface area is 200 Å². The van der Waals surface area contributed by atoms with E-state index in [0.29, 0.717) is 35.8 Å². The minimum atomic E-state index is -1.02. The third kappa shape index (κ3) is 4.12. The molecule has 1 aliphatic carbocycles. The van der Waals surface area contributed by atoms with Gasteiger partial charge in [0.25, 0.3) is 0 Å². The zero-order chi connectivity index (χ0) is 24.1. The van der Waals surface area contributed by atoms with Crippen LogP contribution in [-0.2, 0) is 4.74 Å². The van der Waals surface area contributed by atoms with Crippen LogP contribution in [-0.4, -0.2) is 68.2 Å². The lowest BCUT2D eigenvalue weighted by Crippen LogP contribution is -2.48. The van der Waals surface area contributed by atoms with Gasteiger partial charge in [-0.15, -0.1) is 5.10 Å². The summed E-state index contributed by atoms with van der Waals surface area (Å²) in [7, 11) is 0. The third-order valence-corrected chi connectivity index (χ3v) is 6.44. The average Bonchev–Trinajstić information content (AvgIpc) is 3.40. The van der Waals surface area contributed by atoms with E-state index in [1.165, 1.54) is 0 Å². The smallest absolute Gasteiger partial charge is 0.404 e. The second-order valence-electron chi connectivity index (χ2n) is 9.26. The topological polar surface area (TPSA) is 127 Å². The lowest BCUT2D eigenvalue weighted by Gasteiger charge is -2.36. The maximum atomic E-state index is 10.8. The summed E-state index contributed by atoms with van der Waals surface area (Å²) in [6, 6.07) is 7.37. The van der Waals surface area contributed by atoms with Crippen molar-refractivity contribution < 1.29 is 23.8 Å². The summed E-state index contributed by atoms with van der Waals surface area (Å²) in [5.74, 6) is 1.96. The SMILES string of the molecule is C[C@@H]1CN(c2nccc3oc(-c4cnc5ccc(O[C@H]6C[C@H](NC(=O)O)C6)nn45)cc23)C[C@H](C)O1. The number of amides is 1. The van der Waals surface area contributed by atoms with Gasteiger partial charge in [-0.3, -0.25) is 0 Å². The molecule has 35 heavy (non-hydrogen) atoms. The Morgan fingerprint density at radius 2 is 1.97 bits per heavy atom. The first-order chi connectivity index (χ1) is 16.9. The summed E-state index contributed by atoms with van der Waals surface area (Å²) in [6.07, 6.45) is 3.86. The molecule has 2 atom stereocenters. The Kier molecular flexibility index (Phi) is 5.21. The Hall–Kier alpha value is -3.86. The van der Waals surface area contributed by atoms with Crippen molar-refractivity contribution >= 4 is 28.5 Å². The molecule has 0 unspecified atom stereocenters. The van der Waals surface area contributed by atoms with E-state index in [0.717, 1.165) is 29.9 Å². The molecule has 1 aliphatic heterocycles. The zero-order valence-electron chi connectivity index (χ0n) is 19.4. The number of fused-ring (bicyclic) bond motifs is 2. The number of pyridine rings is 1. The minimum absolute atomic E-state index is 0.0816. The molecule has 6 rings (SSSR count). The monoisotopic (exact) mass is 478 g/mol. The fraction of sp³-hybridized carbons (Fsp3) is 0.417. The van der Waals surface area contributed by atoms with Gasteiger partial charge in [0.1, 0.15) is 23.2 Å². The van der Waals surface area contributed by atoms with E-state index in [1.807, 2.05) is 18.2 Å². The molecule has 0 radical (unpaired) electrons. The van der Waals surface area contributed by atoms with Crippen LogP contribution < -0.4 is 15.0 Å². The van der Waals surface area contributed by atoms with Gasteiger partial charge in [-0.1, -0.05) is 0 Å². The first-order valence-electron chi connectivity index (χ1n) is 11.7. The second kappa shape index (κ2) is 8.42. The molecule has 2 aliphatic rings. The van der Waals surface area contributed by atoms with Crippen LogP contribution in [0.1, 0.15) is 26.7 Å². The first-order valence-corrected chi connectivity index (χ1v) is 11.7. The Morgan fingerprint density at radius 3 is 2.74 bits per heavy atom. The number of imidazole rings is 1. The molecule has 4 aromatic rings. The molecular weight excluding hydrogens is 452 g/mol. The molecule has 11 heteroatoms. The van der Waals surface area contributed by atoms with Crippen LogP contribution >= 0.6 is 0 Å². The van der Waals surface area contributed by atoms with Crippen molar-refractivity contribution in [3.63, 3.8) is 0 Å². The molecular formula is C24H26N6O5.